The minimum absolute atomic E-state index is 0.410. The third kappa shape index (κ3) is 6.36. The third-order valence-electron chi connectivity index (χ3n) is 2.27. The lowest BCUT2D eigenvalue weighted by atomic mass is 10.1. The average Bonchev–Trinajstić information content (AvgIpc) is 2.26. The van der Waals surface area contributed by atoms with Crippen molar-refractivity contribution < 1.29 is 19.4 Å². The fraction of sp³-hybridized carbons (Fsp3) is 0.800. The van der Waals surface area contributed by atoms with Gasteiger partial charge in [0.1, 0.15) is 12.1 Å². The molecule has 0 heterocycles. The van der Waals surface area contributed by atoms with Crippen LogP contribution in [-0.4, -0.2) is 42.8 Å². The molecule has 0 rings (SSSR count). The third-order valence-corrected chi connectivity index (χ3v) is 2.27. The summed E-state index contributed by atoms with van der Waals surface area (Å²) >= 11 is 0. The van der Waals surface area contributed by atoms with Crippen LogP contribution in [0.15, 0.2) is 0 Å². The Bertz CT molecular complexity index is 233. The van der Waals surface area contributed by atoms with E-state index < -0.39 is 24.0 Å². The lowest BCUT2D eigenvalue weighted by molar-refractivity contribution is -0.142. The molecule has 0 fully saturated rings. The van der Waals surface area contributed by atoms with Gasteiger partial charge in [-0.3, -0.25) is 9.59 Å². The van der Waals surface area contributed by atoms with Crippen molar-refractivity contribution in [1.82, 2.24) is 5.32 Å². The average molecular weight is 232 g/mol. The van der Waals surface area contributed by atoms with Crippen molar-refractivity contribution in [2.24, 2.45) is 5.73 Å². The maximum absolute atomic E-state index is 10.9. The van der Waals surface area contributed by atoms with Gasteiger partial charge in [-0.25, -0.2) is 0 Å². The highest BCUT2D eigenvalue weighted by Crippen LogP contribution is 2.00. The van der Waals surface area contributed by atoms with E-state index in [4.69, 9.17) is 10.8 Å². The molecule has 16 heavy (non-hydrogen) atoms. The zero-order chi connectivity index (χ0) is 12.6. The number of esters is 1. The molecule has 0 aromatic heterocycles. The number of nitrogens with two attached hydrogens (primary N) is 1. The number of carboxylic acids is 1. The van der Waals surface area contributed by atoms with E-state index in [0.717, 1.165) is 12.8 Å². The molecule has 0 spiro atoms. The van der Waals surface area contributed by atoms with Gasteiger partial charge in [0.2, 0.25) is 0 Å². The van der Waals surface area contributed by atoms with E-state index in [1.807, 2.05) is 0 Å². The summed E-state index contributed by atoms with van der Waals surface area (Å²) < 4.78 is 4.48. The number of aliphatic carboxylic acids is 1. The molecule has 2 atom stereocenters. The van der Waals surface area contributed by atoms with Gasteiger partial charge in [0.05, 0.1) is 7.11 Å². The molecule has 0 aromatic rings. The second-order valence-corrected chi connectivity index (χ2v) is 3.64. The first-order valence-electron chi connectivity index (χ1n) is 5.28. The predicted octanol–water partition coefficient (Wildman–Crippen LogP) is -0.280. The monoisotopic (exact) mass is 232 g/mol. The normalized spacial score (nSPS) is 14.2. The van der Waals surface area contributed by atoms with Crippen LogP contribution < -0.4 is 11.1 Å². The Morgan fingerprint density at radius 1 is 1.44 bits per heavy atom. The standard InChI is InChI=1S/C10H20N2O4/c1-7(9(13)14)12-6-4-3-5-8(11)10(15)16-2/h7-8,12H,3-6,11H2,1-2H3,(H,13,14). The number of hydrogen-bond acceptors (Lipinski definition) is 5. The number of rotatable bonds is 8. The summed E-state index contributed by atoms with van der Waals surface area (Å²) in [7, 11) is 1.30. The summed E-state index contributed by atoms with van der Waals surface area (Å²) in [6, 6.07) is -1.13. The molecule has 0 radical (unpaired) electrons. The molecule has 0 aliphatic carbocycles. The minimum atomic E-state index is -0.869. The van der Waals surface area contributed by atoms with Gasteiger partial charge in [0, 0.05) is 0 Å². The molecule has 0 aromatic carbocycles. The van der Waals surface area contributed by atoms with Gasteiger partial charge in [0.15, 0.2) is 0 Å². The smallest absolute Gasteiger partial charge is 0.322 e. The maximum atomic E-state index is 10.9. The van der Waals surface area contributed by atoms with Crippen LogP contribution in [0.5, 0.6) is 0 Å². The van der Waals surface area contributed by atoms with Crippen LogP contribution in [0.4, 0.5) is 0 Å². The highest BCUT2D eigenvalue weighted by Gasteiger charge is 2.13. The summed E-state index contributed by atoms with van der Waals surface area (Å²) in [6.45, 7) is 2.18. The van der Waals surface area contributed by atoms with Gasteiger partial charge in [0.25, 0.3) is 0 Å². The largest absolute Gasteiger partial charge is 0.480 e. The molecule has 4 N–H and O–H groups in total. The van der Waals surface area contributed by atoms with Crippen LogP contribution in [0.1, 0.15) is 26.2 Å². The number of nitrogens with one attached hydrogen (secondary N) is 1. The van der Waals surface area contributed by atoms with E-state index in [0.29, 0.717) is 13.0 Å². The molecular weight excluding hydrogens is 212 g/mol. The van der Waals surface area contributed by atoms with Crippen LogP contribution in [-0.2, 0) is 14.3 Å². The second-order valence-electron chi connectivity index (χ2n) is 3.64. The van der Waals surface area contributed by atoms with E-state index in [2.05, 4.69) is 10.1 Å². The molecule has 0 saturated carbocycles. The summed E-state index contributed by atoms with van der Waals surface area (Å²) in [6.07, 6.45) is 2.09. The fourth-order valence-electron chi connectivity index (χ4n) is 1.16. The number of carbonyl (C=O) groups is 2. The molecule has 6 nitrogen and oxygen atoms in total. The number of hydrogen-bond donors (Lipinski definition) is 3. The summed E-state index contributed by atoms with van der Waals surface area (Å²) in [5.74, 6) is -1.28. The lowest BCUT2D eigenvalue weighted by Gasteiger charge is -2.10. The second kappa shape index (κ2) is 8.06. The zero-order valence-electron chi connectivity index (χ0n) is 9.73. The molecule has 0 amide bonds. The summed E-state index contributed by atoms with van der Waals surface area (Å²) in [4.78, 5) is 21.4. The van der Waals surface area contributed by atoms with Crippen molar-refractivity contribution in [2.75, 3.05) is 13.7 Å². The van der Waals surface area contributed by atoms with Gasteiger partial charge in [-0.05, 0) is 26.3 Å². The predicted molar refractivity (Wildman–Crippen MR) is 58.9 cm³/mol. The van der Waals surface area contributed by atoms with Gasteiger partial charge < -0.3 is 20.9 Å². The number of methoxy groups -OCH3 is 1. The van der Waals surface area contributed by atoms with Crippen molar-refractivity contribution in [3.05, 3.63) is 0 Å². The van der Waals surface area contributed by atoms with E-state index in [1.165, 1.54) is 7.11 Å². The number of carbonyl (C=O) groups excluding carboxylic acids is 1. The lowest BCUT2D eigenvalue weighted by Crippen LogP contribution is -2.35. The molecule has 2 unspecified atom stereocenters. The van der Waals surface area contributed by atoms with Crippen LogP contribution in [0.3, 0.4) is 0 Å². The Labute approximate surface area is 95.1 Å². The van der Waals surface area contributed by atoms with E-state index in [-0.39, 0.29) is 0 Å². The van der Waals surface area contributed by atoms with E-state index in [9.17, 15) is 9.59 Å². The van der Waals surface area contributed by atoms with E-state index in [1.54, 1.807) is 6.92 Å². The molecule has 0 bridgehead atoms. The van der Waals surface area contributed by atoms with Gasteiger partial charge in [-0.1, -0.05) is 6.42 Å². The minimum Gasteiger partial charge on any atom is -0.480 e. The maximum Gasteiger partial charge on any atom is 0.322 e. The number of ether oxygens (including phenoxy) is 1. The van der Waals surface area contributed by atoms with Crippen LogP contribution in [0, 0.1) is 0 Å². The highest BCUT2D eigenvalue weighted by molar-refractivity contribution is 5.75. The number of unbranched alkanes of at least 4 members (excludes halogenated alkanes) is 1. The Morgan fingerprint density at radius 2 is 2.06 bits per heavy atom. The molecule has 0 saturated heterocycles. The van der Waals surface area contributed by atoms with Gasteiger partial charge >= 0.3 is 11.9 Å². The summed E-state index contributed by atoms with van der Waals surface area (Å²) in [5, 5.41) is 11.4. The van der Waals surface area contributed by atoms with Gasteiger partial charge in [-0.2, -0.15) is 0 Å². The molecule has 0 aliphatic heterocycles. The highest BCUT2D eigenvalue weighted by atomic mass is 16.5. The SMILES string of the molecule is COC(=O)C(N)CCCCNC(C)C(=O)O. The Hall–Kier alpha value is -1.14. The van der Waals surface area contributed by atoms with E-state index >= 15 is 0 Å². The summed E-state index contributed by atoms with van der Waals surface area (Å²) in [5.41, 5.74) is 5.53. The molecule has 0 aliphatic rings. The van der Waals surface area contributed by atoms with Crippen molar-refractivity contribution in [3.63, 3.8) is 0 Å². The Morgan fingerprint density at radius 3 is 2.56 bits per heavy atom. The van der Waals surface area contributed by atoms with Crippen LogP contribution in [0.2, 0.25) is 0 Å². The van der Waals surface area contributed by atoms with Crippen molar-refractivity contribution in [2.45, 2.75) is 38.3 Å². The molecular formula is C10H20N2O4. The van der Waals surface area contributed by atoms with Crippen LogP contribution >= 0.6 is 0 Å². The van der Waals surface area contributed by atoms with Crippen molar-refractivity contribution in [1.29, 1.82) is 0 Å². The van der Waals surface area contributed by atoms with Crippen molar-refractivity contribution in [3.8, 4) is 0 Å². The first kappa shape index (κ1) is 14.9. The fourth-order valence-corrected chi connectivity index (χ4v) is 1.16. The molecule has 6 heteroatoms. The van der Waals surface area contributed by atoms with Gasteiger partial charge in [-0.15, -0.1) is 0 Å². The molecule has 94 valence electrons. The Kier molecular flexibility index (Phi) is 7.49. The van der Waals surface area contributed by atoms with Crippen molar-refractivity contribution >= 4 is 11.9 Å². The topological polar surface area (TPSA) is 102 Å². The first-order valence-corrected chi connectivity index (χ1v) is 5.28. The zero-order valence-corrected chi connectivity index (χ0v) is 9.73. The number of carboxylic acid groups (broad SMARTS) is 1. The first-order chi connectivity index (χ1) is 7.49. The van der Waals surface area contributed by atoms with Crippen LogP contribution in [0.25, 0.3) is 0 Å². The quantitative estimate of drug-likeness (QED) is 0.393. The Balaban J connectivity index is 3.47.